The molecule has 60 valence electrons. The average Bonchev–Trinajstić information content (AvgIpc) is 2.40. The highest BCUT2D eigenvalue weighted by Crippen LogP contribution is 2.40. The third kappa shape index (κ3) is 2.75. The monoisotopic (exact) mass is 176 g/mol. The van der Waals surface area contributed by atoms with Gasteiger partial charge in [-0.15, -0.1) is 0 Å². The summed E-state index contributed by atoms with van der Waals surface area (Å²) in [6.07, 6.45) is 4.23. The van der Waals surface area contributed by atoms with Gasteiger partial charge in [0, 0.05) is 11.0 Å². The maximum absolute atomic E-state index is 2.36. The second kappa shape index (κ2) is 4.55. The minimum atomic E-state index is 0.941. The molecule has 1 aliphatic heterocycles. The highest BCUT2D eigenvalue weighted by molar-refractivity contribution is 8.77. The maximum Gasteiger partial charge on any atom is 0.0162 e. The van der Waals surface area contributed by atoms with Crippen molar-refractivity contribution < 1.29 is 0 Å². The van der Waals surface area contributed by atoms with E-state index in [1.807, 2.05) is 0 Å². The van der Waals surface area contributed by atoms with Crippen molar-refractivity contribution in [2.75, 3.05) is 5.75 Å². The Morgan fingerprint density at radius 1 is 1.60 bits per heavy atom. The molecule has 1 aliphatic rings. The summed E-state index contributed by atoms with van der Waals surface area (Å²) in [5.41, 5.74) is 0. The number of hydrogen-bond donors (Lipinski definition) is 0. The second-order valence-electron chi connectivity index (χ2n) is 3.08. The molecule has 2 unspecified atom stereocenters. The van der Waals surface area contributed by atoms with Gasteiger partial charge in [0.1, 0.15) is 0 Å². The van der Waals surface area contributed by atoms with Crippen LogP contribution in [0.4, 0.5) is 0 Å². The summed E-state index contributed by atoms with van der Waals surface area (Å²) in [4.78, 5) is 0. The fourth-order valence-electron chi connectivity index (χ4n) is 1.14. The van der Waals surface area contributed by atoms with Crippen LogP contribution < -0.4 is 0 Å². The van der Waals surface area contributed by atoms with E-state index < -0.39 is 0 Å². The van der Waals surface area contributed by atoms with Crippen LogP contribution in [-0.2, 0) is 0 Å². The van der Waals surface area contributed by atoms with E-state index in [0.717, 1.165) is 11.2 Å². The molecule has 0 N–H and O–H groups in total. The lowest BCUT2D eigenvalue weighted by Crippen LogP contribution is -2.04. The summed E-state index contributed by atoms with van der Waals surface area (Å²) in [6, 6.07) is 0. The van der Waals surface area contributed by atoms with Crippen LogP contribution in [0.15, 0.2) is 0 Å². The van der Waals surface area contributed by atoms with Gasteiger partial charge in [0.25, 0.3) is 0 Å². The smallest absolute Gasteiger partial charge is 0.0162 e. The highest BCUT2D eigenvalue weighted by atomic mass is 33.1. The molecule has 1 heterocycles. The van der Waals surface area contributed by atoms with Crippen LogP contribution in [0.2, 0.25) is 0 Å². The summed E-state index contributed by atoms with van der Waals surface area (Å²) in [6.45, 7) is 4.65. The van der Waals surface area contributed by atoms with Crippen LogP contribution in [0.25, 0.3) is 0 Å². The summed E-state index contributed by atoms with van der Waals surface area (Å²) in [5.74, 6) is 2.32. The quantitative estimate of drug-likeness (QED) is 0.603. The molecule has 1 fully saturated rings. The molecule has 0 bridgehead atoms. The standard InChI is InChI=1S/C8H16S2/c1-3-7(2)6-8-4-5-9-10-8/h7-8H,3-6H2,1-2H3. The minimum absolute atomic E-state index is 0.941. The molecule has 2 atom stereocenters. The van der Waals surface area contributed by atoms with Crippen LogP contribution >= 0.6 is 21.6 Å². The van der Waals surface area contributed by atoms with Gasteiger partial charge >= 0.3 is 0 Å². The molecule has 0 aromatic carbocycles. The Kier molecular flexibility index (Phi) is 4.00. The number of rotatable bonds is 3. The molecule has 1 rings (SSSR count). The van der Waals surface area contributed by atoms with E-state index in [1.165, 1.54) is 25.0 Å². The van der Waals surface area contributed by atoms with E-state index in [-0.39, 0.29) is 0 Å². The summed E-state index contributed by atoms with van der Waals surface area (Å²) >= 11 is 0. The Labute approximate surface area is 71.9 Å². The first-order chi connectivity index (χ1) is 4.83. The summed E-state index contributed by atoms with van der Waals surface area (Å²) in [5, 5.41) is 0.972. The van der Waals surface area contributed by atoms with Crippen LogP contribution in [0.5, 0.6) is 0 Å². The summed E-state index contributed by atoms with van der Waals surface area (Å²) < 4.78 is 0. The van der Waals surface area contributed by atoms with Crippen molar-refractivity contribution in [1.82, 2.24) is 0 Å². The Hall–Kier alpha value is 0.700. The summed E-state index contributed by atoms with van der Waals surface area (Å²) in [7, 11) is 4.15. The molecule has 0 amide bonds. The Balaban J connectivity index is 2.11. The first-order valence-electron chi connectivity index (χ1n) is 4.11. The van der Waals surface area contributed by atoms with E-state index in [4.69, 9.17) is 0 Å². The zero-order valence-electron chi connectivity index (χ0n) is 6.80. The Morgan fingerprint density at radius 3 is 2.90 bits per heavy atom. The molecular weight excluding hydrogens is 160 g/mol. The first-order valence-corrected chi connectivity index (χ1v) is 6.49. The van der Waals surface area contributed by atoms with Gasteiger partial charge in [-0.3, -0.25) is 0 Å². The minimum Gasteiger partial charge on any atom is -0.0938 e. The molecule has 0 aromatic rings. The topological polar surface area (TPSA) is 0 Å². The van der Waals surface area contributed by atoms with Crippen molar-refractivity contribution in [3.05, 3.63) is 0 Å². The third-order valence-corrected chi connectivity index (χ3v) is 5.05. The van der Waals surface area contributed by atoms with Gasteiger partial charge in [0.15, 0.2) is 0 Å². The molecule has 10 heavy (non-hydrogen) atoms. The molecule has 0 saturated carbocycles. The molecule has 0 nitrogen and oxygen atoms in total. The molecule has 0 spiro atoms. The average molecular weight is 176 g/mol. The van der Waals surface area contributed by atoms with E-state index >= 15 is 0 Å². The van der Waals surface area contributed by atoms with E-state index in [0.29, 0.717) is 0 Å². The molecule has 0 aliphatic carbocycles. The molecule has 0 aromatic heterocycles. The van der Waals surface area contributed by atoms with Gasteiger partial charge in [0.2, 0.25) is 0 Å². The van der Waals surface area contributed by atoms with E-state index in [1.54, 1.807) is 0 Å². The van der Waals surface area contributed by atoms with Crippen molar-refractivity contribution >= 4 is 21.6 Å². The van der Waals surface area contributed by atoms with Crippen molar-refractivity contribution in [2.45, 2.75) is 38.4 Å². The van der Waals surface area contributed by atoms with Crippen molar-refractivity contribution in [2.24, 2.45) is 5.92 Å². The van der Waals surface area contributed by atoms with Crippen LogP contribution in [0.3, 0.4) is 0 Å². The van der Waals surface area contributed by atoms with Crippen LogP contribution in [0.1, 0.15) is 33.1 Å². The van der Waals surface area contributed by atoms with Gasteiger partial charge in [-0.05, 0) is 18.8 Å². The zero-order chi connectivity index (χ0) is 7.40. The molecule has 2 heteroatoms. The zero-order valence-corrected chi connectivity index (χ0v) is 8.43. The lowest BCUT2D eigenvalue weighted by Gasteiger charge is -2.11. The molecular formula is C8H16S2. The second-order valence-corrected chi connectivity index (χ2v) is 5.87. The van der Waals surface area contributed by atoms with Gasteiger partial charge in [-0.1, -0.05) is 41.9 Å². The van der Waals surface area contributed by atoms with Crippen molar-refractivity contribution in [1.29, 1.82) is 0 Å². The van der Waals surface area contributed by atoms with E-state index in [9.17, 15) is 0 Å². The highest BCUT2D eigenvalue weighted by Gasteiger charge is 2.17. The maximum atomic E-state index is 2.36. The van der Waals surface area contributed by atoms with Crippen LogP contribution in [0, 0.1) is 5.92 Å². The van der Waals surface area contributed by atoms with Gasteiger partial charge in [0.05, 0.1) is 0 Å². The third-order valence-electron chi connectivity index (χ3n) is 2.09. The Bertz CT molecular complexity index is 87.3. The molecule has 0 radical (unpaired) electrons. The normalized spacial score (nSPS) is 28.8. The predicted molar refractivity (Wildman–Crippen MR) is 52.5 cm³/mol. The largest absolute Gasteiger partial charge is 0.0938 e. The first kappa shape index (κ1) is 8.79. The van der Waals surface area contributed by atoms with Gasteiger partial charge in [-0.25, -0.2) is 0 Å². The Morgan fingerprint density at radius 2 is 2.40 bits per heavy atom. The van der Waals surface area contributed by atoms with Crippen molar-refractivity contribution in [3.8, 4) is 0 Å². The van der Waals surface area contributed by atoms with Crippen molar-refractivity contribution in [3.63, 3.8) is 0 Å². The predicted octanol–water partition coefficient (Wildman–Crippen LogP) is 3.58. The van der Waals surface area contributed by atoms with Gasteiger partial charge in [-0.2, -0.15) is 0 Å². The molecule has 1 saturated heterocycles. The number of hydrogen-bond acceptors (Lipinski definition) is 2. The van der Waals surface area contributed by atoms with E-state index in [2.05, 4.69) is 35.4 Å². The fraction of sp³-hybridized carbons (Fsp3) is 1.00. The fourth-order valence-corrected chi connectivity index (χ4v) is 4.26. The lowest BCUT2D eigenvalue weighted by molar-refractivity contribution is 0.503. The van der Waals surface area contributed by atoms with Crippen LogP contribution in [-0.4, -0.2) is 11.0 Å². The SMILES string of the molecule is CCC(C)CC1CCSS1. The lowest BCUT2D eigenvalue weighted by atomic mass is 10.0. The van der Waals surface area contributed by atoms with Gasteiger partial charge < -0.3 is 0 Å².